The van der Waals surface area contributed by atoms with Crippen molar-refractivity contribution in [3.05, 3.63) is 100.0 Å². The Morgan fingerprint density at radius 2 is 1.69 bits per heavy atom. The highest BCUT2D eigenvalue weighted by atomic mass is 16.5. The molecule has 8 heteroatoms. The van der Waals surface area contributed by atoms with E-state index in [4.69, 9.17) is 10.5 Å². The second-order valence-electron chi connectivity index (χ2n) is 8.21. The number of carbonyl (C=O) groups excluding carboxylic acids is 1. The summed E-state index contributed by atoms with van der Waals surface area (Å²) in [5, 5.41) is 12.5. The van der Waals surface area contributed by atoms with Gasteiger partial charge >= 0.3 is 0 Å². The third kappa shape index (κ3) is 6.58. The van der Waals surface area contributed by atoms with Crippen molar-refractivity contribution in [3.8, 4) is 5.75 Å². The number of nitrogens with zero attached hydrogens (tertiary/aromatic N) is 2. The lowest BCUT2D eigenvalue weighted by atomic mass is 9.98. The molecular formula is C27H32N4O4. The topological polar surface area (TPSA) is 119 Å². The van der Waals surface area contributed by atoms with Crippen LogP contribution in [0.15, 0.2) is 82.7 Å². The number of nitrogens with two attached hydrogens (primary N) is 1. The second-order valence-corrected chi connectivity index (χ2v) is 8.21. The van der Waals surface area contributed by atoms with Gasteiger partial charge in [-0.05, 0) is 37.0 Å². The summed E-state index contributed by atoms with van der Waals surface area (Å²) < 4.78 is 6.90. The Labute approximate surface area is 205 Å². The van der Waals surface area contributed by atoms with Crippen molar-refractivity contribution in [2.75, 3.05) is 20.3 Å². The Morgan fingerprint density at radius 3 is 2.20 bits per heavy atom. The maximum absolute atomic E-state index is 13.7. The monoisotopic (exact) mass is 476 g/mol. The number of amides is 1. The molecule has 0 saturated carbocycles. The minimum Gasteiger partial charge on any atom is -0.496 e. The number of benzene rings is 2. The number of rotatable bonds is 11. The standard InChI is InChI=1S/C27H32N4O4/c1-19(28)29-16-9-14-22(18-32)30-26(33)24-23(35-2)15-17-31(27(24)34)25(20-10-5-3-6-11-20)21-12-7-4-8-13-21/h3-8,10-13,15,17,22,25,32H,9,14,16,18H2,1-2H3,(H2,28,29)(H,30,33)/t22-/m0/s1. The van der Waals surface area contributed by atoms with Crippen molar-refractivity contribution in [1.82, 2.24) is 9.88 Å². The molecular weight excluding hydrogens is 444 g/mol. The van der Waals surface area contributed by atoms with Gasteiger partial charge in [0.1, 0.15) is 11.3 Å². The molecule has 3 aromatic rings. The van der Waals surface area contributed by atoms with Crippen LogP contribution in [-0.2, 0) is 0 Å². The highest BCUT2D eigenvalue weighted by molar-refractivity contribution is 5.96. The fourth-order valence-electron chi connectivity index (χ4n) is 3.96. The molecule has 0 aliphatic carbocycles. The summed E-state index contributed by atoms with van der Waals surface area (Å²) in [5.41, 5.74) is 6.76. The third-order valence-electron chi connectivity index (χ3n) is 5.66. The lowest BCUT2D eigenvalue weighted by Gasteiger charge is -2.23. The van der Waals surface area contributed by atoms with E-state index in [-0.39, 0.29) is 17.9 Å². The lowest BCUT2D eigenvalue weighted by Crippen LogP contribution is -2.41. The molecule has 1 heterocycles. The van der Waals surface area contributed by atoms with E-state index in [2.05, 4.69) is 10.3 Å². The fourth-order valence-corrected chi connectivity index (χ4v) is 3.96. The lowest BCUT2D eigenvalue weighted by molar-refractivity contribution is 0.0907. The van der Waals surface area contributed by atoms with E-state index in [1.807, 2.05) is 60.7 Å². The number of methoxy groups -OCH3 is 1. The molecule has 1 atom stereocenters. The van der Waals surface area contributed by atoms with E-state index in [0.29, 0.717) is 25.2 Å². The largest absolute Gasteiger partial charge is 0.496 e. The van der Waals surface area contributed by atoms with Gasteiger partial charge in [0, 0.05) is 12.7 Å². The first kappa shape index (κ1) is 25.7. The summed E-state index contributed by atoms with van der Waals surface area (Å²) >= 11 is 0. The van der Waals surface area contributed by atoms with Crippen LogP contribution in [0.2, 0.25) is 0 Å². The van der Waals surface area contributed by atoms with Gasteiger partial charge < -0.3 is 25.5 Å². The summed E-state index contributed by atoms with van der Waals surface area (Å²) in [5.74, 6) is 0.0536. The molecule has 0 radical (unpaired) electrons. The number of ether oxygens (including phenoxy) is 1. The van der Waals surface area contributed by atoms with Gasteiger partial charge in [0.15, 0.2) is 0 Å². The number of aromatic nitrogens is 1. The van der Waals surface area contributed by atoms with Gasteiger partial charge in [0.2, 0.25) is 0 Å². The van der Waals surface area contributed by atoms with Crippen molar-refractivity contribution in [2.24, 2.45) is 10.7 Å². The normalized spacial score (nSPS) is 12.4. The van der Waals surface area contributed by atoms with Gasteiger partial charge in [0.25, 0.3) is 11.5 Å². The van der Waals surface area contributed by atoms with Crippen LogP contribution in [0.4, 0.5) is 0 Å². The van der Waals surface area contributed by atoms with Crippen LogP contribution >= 0.6 is 0 Å². The molecule has 3 rings (SSSR count). The molecule has 0 fully saturated rings. The Morgan fingerprint density at radius 1 is 1.09 bits per heavy atom. The van der Waals surface area contributed by atoms with Crippen LogP contribution in [0.5, 0.6) is 5.75 Å². The zero-order chi connectivity index (χ0) is 25.2. The number of hydrogen-bond acceptors (Lipinski definition) is 5. The maximum atomic E-state index is 13.7. The molecule has 0 spiro atoms. The number of nitrogens with one attached hydrogen (secondary N) is 1. The van der Waals surface area contributed by atoms with Crippen LogP contribution in [-0.4, -0.2) is 47.7 Å². The first-order valence-corrected chi connectivity index (χ1v) is 11.5. The van der Waals surface area contributed by atoms with Crippen molar-refractivity contribution in [1.29, 1.82) is 0 Å². The Bertz CT molecular complexity index is 1150. The highest BCUT2D eigenvalue weighted by Crippen LogP contribution is 2.26. The maximum Gasteiger partial charge on any atom is 0.268 e. The van der Waals surface area contributed by atoms with Crippen molar-refractivity contribution >= 4 is 11.7 Å². The molecule has 0 saturated heterocycles. The summed E-state index contributed by atoms with van der Waals surface area (Å²) in [6.07, 6.45) is 2.75. The summed E-state index contributed by atoms with van der Waals surface area (Å²) in [6.45, 7) is 1.93. The predicted octanol–water partition coefficient (Wildman–Crippen LogP) is 2.74. The van der Waals surface area contributed by atoms with Gasteiger partial charge in [-0.25, -0.2) is 0 Å². The summed E-state index contributed by atoms with van der Waals surface area (Å²) in [6, 6.07) is 19.9. The van der Waals surface area contributed by atoms with E-state index in [1.165, 1.54) is 11.7 Å². The van der Waals surface area contributed by atoms with Crippen molar-refractivity contribution in [2.45, 2.75) is 31.8 Å². The summed E-state index contributed by atoms with van der Waals surface area (Å²) in [4.78, 5) is 31.1. The van der Waals surface area contributed by atoms with Crippen molar-refractivity contribution in [3.63, 3.8) is 0 Å². The van der Waals surface area contributed by atoms with Gasteiger partial charge in [-0.1, -0.05) is 60.7 Å². The van der Waals surface area contributed by atoms with Crippen LogP contribution in [0.3, 0.4) is 0 Å². The molecule has 0 unspecified atom stereocenters. The quantitative estimate of drug-likeness (QED) is 0.223. The van der Waals surface area contributed by atoms with Gasteiger partial charge in [-0.3, -0.25) is 14.6 Å². The van der Waals surface area contributed by atoms with E-state index in [0.717, 1.165) is 11.1 Å². The molecule has 1 amide bonds. The SMILES string of the molecule is COc1ccn(C(c2ccccc2)c2ccccc2)c(=O)c1C(=O)N[C@H](CO)CCCN=C(C)N. The van der Waals surface area contributed by atoms with E-state index < -0.39 is 23.6 Å². The first-order chi connectivity index (χ1) is 17.0. The number of aliphatic hydroxyl groups excluding tert-OH is 1. The van der Waals surface area contributed by atoms with Crippen LogP contribution in [0.25, 0.3) is 0 Å². The number of aliphatic hydroxyl groups is 1. The smallest absolute Gasteiger partial charge is 0.268 e. The number of amidine groups is 1. The van der Waals surface area contributed by atoms with Crippen molar-refractivity contribution < 1.29 is 14.6 Å². The van der Waals surface area contributed by atoms with Crippen LogP contribution in [0, 0.1) is 0 Å². The Kier molecular flexibility index (Phi) is 9.20. The summed E-state index contributed by atoms with van der Waals surface area (Å²) in [7, 11) is 1.42. The first-order valence-electron chi connectivity index (χ1n) is 11.5. The molecule has 0 aliphatic heterocycles. The van der Waals surface area contributed by atoms with Gasteiger partial charge in [0.05, 0.1) is 31.6 Å². The van der Waals surface area contributed by atoms with E-state index in [9.17, 15) is 14.7 Å². The van der Waals surface area contributed by atoms with Crippen LogP contribution in [0.1, 0.15) is 47.3 Å². The minimum absolute atomic E-state index is 0.110. The molecule has 35 heavy (non-hydrogen) atoms. The zero-order valence-corrected chi connectivity index (χ0v) is 20.1. The molecule has 1 aromatic heterocycles. The predicted molar refractivity (Wildman–Crippen MR) is 137 cm³/mol. The minimum atomic E-state index is -0.598. The third-order valence-corrected chi connectivity index (χ3v) is 5.66. The van der Waals surface area contributed by atoms with Gasteiger partial charge in [-0.2, -0.15) is 0 Å². The average Bonchev–Trinajstić information content (AvgIpc) is 2.87. The zero-order valence-electron chi connectivity index (χ0n) is 20.1. The van der Waals surface area contributed by atoms with Gasteiger partial charge in [-0.15, -0.1) is 0 Å². The Balaban J connectivity index is 1.97. The molecule has 0 bridgehead atoms. The molecule has 0 aliphatic rings. The second kappa shape index (κ2) is 12.5. The number of pyridine rings is 1. The van der Waals surface area contributed by atoms with Crippen LogP contribution < -0.4 is 21.3 Å². The molecule has 4 N–H and O–H groups in total. The number of hydrogen-bond donors (Lipinski definition) is 3. The number of carbonyl (C=O) groups is 1. The molecule has 2 aromatic carbocycles. The fraction of sp³-hybridized carbons (Fsp3) is 0.296. The average molecular weight is 477 g/mol. The molecule has 184 valence electrons. The van der Waals surface area contributed by atoms with E-state index in [1.54, 1.807) is 19.2 Å². The highest BCUT2D eigenvalue weighted by Gasteiger charge is 2.25. The number of aliphatic imine (C=N–C) groups is 1. The molecule has 8 nitrogen and oxygen atoms in total. The Hall–Kier alpha value is -3.91. The van der Waals surface area contributed by atoms with E-state index >= 15 is 0 Å².